The Morgan fingerprint density at radius 1 is 1.44 bits per heavy atom. The zero-order chi connectivity index (χ0) is 11.4. The summed E-state index contributed by atoms with van der Waals surface area (Å²) in [5, 5.41) is 0. The summed E-state index contributed by atoms with van der Waals surface area (Å²) in [6.07, 6.45) is 7.34. The van der Waals surface area contributed by atoms with Crippen molar-refractivity contribution in [2.75, 3.05) is 12.0 Å². The average Bonchev–Trinajstić information content (AvgIpc) is 2.24. The van der Waals surface area contributed by atoms with E-state index in [1.807, 2.05) is 11.8 Å². The Morgan fingerprint density at radius 3 is 2.88 bits per heavy atom. The van der Waals surface area contributed by atoms with Crippen LogP contribution in [0.1, 0.15) is 48.8 Å². The Labute approximate surface area is 103 Å². The number of thioether (sulfide) groups is 1. The van der Waals surface area contributed by atoms with Crippen molar-refractivity contribution >= 4 is 11.8 Å². The first-order valence-corrected chi connectivity index (χ1v) is 7.55. The van der Waals surface area contributed by atoms with Crippen LogP contribution >= 0.6 is 11.8 Å². The molecule has 1 atom stereocenters. The first kappa shape index (κ1) is 12.0. The second-order valence-corrected chi connectivity index (χ2v) is 5.67. The number of benzene rings is 1. The number of rotatable bonds is 5. The topological polar surface area (TPSA) is 26.0 Å². The minimum absolute atomic E-state index is 0.215. The molecule has 0 amide bonds. The van der Waals surface area contributed by atoms with E-state index in [-0.39, 0.29) is 6.04 Å². The molecule has 1 unspecified atom stereocenters. The van der Waals surface area contributed by atoms with Gasteiger partial charge in [0, 0.05) is 6.04 Å². The lowest BCUT2D eigenvalue weighted by molar-refractivity contribution is 0.419. The van der Waals surface area contributed by atoms with E-state index in [9.17, 15) is 0 Å². The average molecular weight is 235 g/mol. The van der Waals surface area contributed by atoms with Crippen LogP contribution in [0.15, 0.2) is 24.3 Å². The molecule has 1 aromatic carbocycles. The van der Waals surface area contributed by atoms with E-state index in [0.717, 1.165) is 18.1 Å². The molecule has 0 saturated heterocycles. The molecule has 2 heteroatoms. The predicted molar refractivity (Wildman–Crippen MR) is 73.0 cm³/mol. The van der Waals surface area contributed by atoms with Crippen LogP contribution in [0.4, 0.5) is 0 Å². The summed E-state index contributed by atoms with van der Waals surface area (Å²) in [5.41, 5.74) is 9.02. The summed E-state index contributed by atoms with van der Waals surface area (Å²) in [5.74, 6) is 1.96. The minimum Gasteiger partial charge on any atom is -0.324 e. The van der Waals surface area contributed by atoms with Crippen LogP contribution in [-0.2, 0) is 0 Å². The highest BCUT2D eigenvalue weighted by Gasteiger charge is 2.19. The van der Waals surface area contributed by atoms with Crippen LogP contribution in [0.5, 0.6) is 0 Å². The molecule has 0 heterocycles. The third-order valence-corrected chi connectivity index (χ3v) is 4.19. The number of nitrogens with two attached hydrogens (primary N) is 1. The minimum atomic E-state index is 0.215. The molecule has 16 heavy (non-hydrogen) atoms. The third-order valence-electron chi connectivity index (χ3n) is 3.55. The zero-order valence-electron chi connectivity index (χ0n) is 9.99. The standard InChI is InChI=1S/C14H21NS/c1-16-9-8-14(15)13-7-3-6-12(10-13)11-4-2-5-11/h3,6-7,10-11,14H,2,4-5,8-9,15H2,1H3. The summed E-state index contributed by atoms with van der Waals surface area (Å²) in [6, 6.07) is 9.14. The molecule has 2 rings (SSSR count). The summed E-state index contributed by atoms with van der Waals surface area (Å²) in [7, 11) is 0. The van der Waals surface area contributed by atoms with Gasteiger partial charge < -0.3 is 5.73 Å². The SMILES string of the molecule is CSCCC(N)c1cccc(C2CCC2)c1. The van der Waals surface area contributed by atoms with E-state index in [1.54, 1.807) is 0 Å². The van der Waals surface area contributed by atoms with Gasteiger partial charge in [0.1, 0.15) is 0 Å². The molecule has 1 aliphatic carbocycles. The Morgan fingerprint density at radius 2 is 2.25 bits per heavy atom. The van der Waals surface area contributed by atoms with Gasteiger partial charge in [-0.25, -0.2) is 0 Å². The van der Waals surface area contributed by atoms with Gasteiger partial charge in [0.05, 0.1) is 0 Å². The quantitative estimate of drug-likeness (QED) is 0.842. The van der Waals surface area contributed by atoms with Crippen molar-refractivity contribution in [2.24, 2.45) is 5.73 Å². The molecule has 1 aromatic rings. The van der Waals surface area contributed by atoms with Crippen LogP contribution < -0.4 is 5.73 Å². The molecule has 0 spiro atoms. The van der Waals surface area contributed by atoms with Crippen molar-refractivity contribution < 1.29 is 0 Å². The highest BCUT2D eigenvalue weighted by molar-refractivity contribution is 7.98. The molecule has 1 fully saturated rings. The molecule has 0 aliphatic heterocycles. The van der Waals surface area contributed by atoms with Crippen LogP contribution in [0.2, 0.25) is 0 Å². The summed E-state index contributed by atoms with van der Waals surface area (Å²) in [4.78, 5) is 0. The van der Waals surface area contributed by atoms with E-state index in [1.165, 1.54) is 30.4 Å². The van der Waals surface area contributed by atoms with E-state index < -0.39 is 0 Å². The van der Waals surface area contributed by atoms with Gasteiger partial charge in [-0.3, -0.25) is 0 Å². The van der Waals surface area contributed by atoms with Gasteiger partial charge in [-0.2, -0.15) is 11.8 Å². The van der Waals surface area contributed by atoms with Crippen LogP contribution in [0, 0.1) is 0 Å². The monoisotopic (exact) mass is 235 g/mol. The molecule has 1 aliphatic rings. The molecule has 0 aromatic heterocycles. The lowest BCUT2D eigenvalue weighted by Gasteiger charge is -2.26. The first-order valence-electron chi connectivity index (χ1n) is 6.15. The van der Waals surface area contributed by atoms with Crippen molar-refractivity contribution in [3.63, 3.8) is 0 Å². The highest BCUT2D eigenvalue weighted by Crippen LogP contribution is 2.37. The fourth-order valence-electron chi connectivity index (χ4n) is 2.20. The lowest BCUT2D eigenvalue weighted by Crippen LogP contribution is -2.13. The van der Waals surface area contributed by atoms with Gasteiger partial charge in [0.15, 0.2) is 0 Å². The van der Waals surface area contributed by atoms with Gasteiger partial charge in [0.25, 0.3) is 0 Å². The Balaban J connectivity index is 2.02. The molecule has 2 N–H and O–H groups in total. The van der Waals surface area contributed by atoms with Crippen LogP contribution in [-0.4, -0.2) is 12.0 Å². The molecular weight excluding hydrogens is 214 g/mol. The van der Waals surface area contributed by atoms with Gasteiger partial charge in [-0.15, -0.1) is 0 Å². The van der Waals surface area contributed by atoms with E-state index in [2.05, 4.69) is 30.5 Å². The van der Waals surface area contributed by atoms with Gasteiger partial charge in [-0.05, 0) is 48.3 Å². The summed E-state index contributed by atoms with van der Waals surface area (Å²) in [6.45, 7) is 0. The third kappa shape index (κ3) is 2.80. The van der Waals surface area contributed by atoms with E-state index in [4.69, 9.17) is 5.73 Å². The summed E-state index contributed by atoms with van der Waals surface area (Å²) < 4.78 is 0. The van der Waals surface area contributed by atoms with Gasteiger partial charge in [0.2, 0.25) is 0 Å². The maximum Gasteiger partial charge on any atom is 0.0302 e. The van der Waals surface area contributed by atoms with Crippen molar-refractivity contribution in [1.82, 2.24) is 0 Å². The summed E-state index contributed by atoms with van der Waals surface area (Å²) >= 11 is 1.87. The Hall–Kier alpha value is -0.470. The predicted octanol–water partition coefficient (Wildman–Crippen LogP) is 3.71. The molecular formula is C14H21NS. The second kappa shape index (κ2) is 5.74. The Bertz CT molecular complexity index is 333. The van der Waals surface area contributed by atoms with E-state index in [0.29, 0.717) is 0 Å². The molecule has 88 valence electrons. The molecule has 1 saturated carbocycles. The maximum absolute atomic E-state index is 6.20. The van der Waals surface area contributed by atoms with Crippen molar-refractivity contribution in [3.05, 3.63) is 35.4 Å². The second-order valence-electron chi connectivity index (χ2n) is 4.69. The molecule has 0 bridgehead atoms. The van der Waals surface area contributed by atoms with Gasteiger partial charge in [-0.1, -0.05) is 30.7 Å². The normalized spacial score (nSPS) is 18.1. The smallest absolute Gasteiger partial charge is 0.0302 e. The molecule has 0 radical (unpaired) electrons. The first-order chi connectivity index (χ1) is 7.81. The lowest BCUT2D eigenvalue weighted by atomic mass is 9.79. The fraction of sp³-hybridized carbons (Fsp3) is 0.571. The number of hydrogen-bond acceptors (Lipinski definition) is 2. The van der Waals surface area contributed by atoms with Gasteiger partial charge >= 0.3 is 0 Å². The van der Waals surface area contributed by atoms with Crippen molar-refractivity contribution in [2.45, 2.75) is 37.6 Å². The Kier molecular flexibility index (Phi) is 4.30. The number of hydrogen-bond donors (Lipinski definition) is 1. The maximum atomic E-state index is 6.20. The van der Waals surface area contributed by atoms with Crippen molar-refractivity contribution in [1.29, 1.82) is 0 Å². The zero-order valence-corrected chi connectivity index (χ0v) is 10.8. The van der Waals surface area contributed by atoms with Crippen LogP contribution in [0.25, 0.3) is 0 Å². The van der Waals surface area contributed by atoms with Crippen LogP contribution in [0.3, 0.4) is 0 Å². The molecule has 1 nitrogen and oxygen atoms in total. The highest BCUT2D eigenvalue weighted by atomic mass is 32.2. The fourth-order valence-corrected chi connectivity index (χ4v) is 2.69. The van der Waals surface area contributed by atoms with E-state index >= 15 is 0 Å². The largest absolute Gasteiger partial charge is 0.324 e. The van der Waals surface area contributed by atoms with Crippen molar-refractivity contribution in [3.8, 4) is 0 Å².